The van der Waals surface area contributed by atoms with Crippen molar-refractivity contribution in [1.29, 1.82) is 0 Å². The zero-order valence-electron chi connectivity index (χ0n) is 11.9. The Bertz CT molecular complexity index is 642. The molecule has 1 amide bonds. The minimum Gasteiger partial charge on any atom is -0.459 e. The molecule has 0 aliphatic rings. The Kier molecular flexibility index (Phi) is 5.51. The first-order valence-corrected chi connectivity index (χ1v) is 7.62. The van der Waals surface area contributed by atoms with Gasteiger partial charge < -0.3 is 14.5 Å². The Balaban J connectivity index is 1.96. The molecule has 0 aliphatic carbocycles. The van der Waals surface area contributed by atoms with Crippen molar-refractivity contribution in [3.8, 4) is 0 Å². The second-order valence-corrected chi connectivity index (χ2v) is 6.13. The summed E-state index contributed by atoms with van der Waals surface area (Å²) >= 11 is 6.85. The van der Waals surface area contributed by atoms with Crippen molar-refractivity contribution < 1.29 is 18.7 Å². The van der Waals surface area contributed by atoms with Gasteiger partial charge in [-0.05, 0) is 18.1 Å². The van der Waals surface area contributed by atoms with Crippen LogP contribution in [0.4, 0.5) is 0 Å². The average Bonchev–Trinajstić information content (AvgIpc) is 3.13. The highest BCUT2D eigenvalue weighted by atomic mass is 35.5. The van der Waals surface area contributed by atoms with Crippen LogP contribution in [0.5, 0.6) is 0 Å². The SMILES string of the molecule is CC(C)[C@H](NC(=O)c1ccco1)C(=O)OCc1nnsc1Cl. The van der Waals surface area contributed by atoms with Gasteiger partial charge in [-0.15, -0.1) is 5.10 Å². The molecule has 2 rings (SSSR count). The van der Waals surface area contributed by atoms with Crippen molar-refractivity contribution in [2.75, 3.05) is 0 Å². The largest absolute Gasteiger partial charge is 0.459 e. The predicted octanol–water partition coefficient (Wildman–Crippen LogP) is 2.28. The fourth-order valence-corrected chi connectivity index (χ4v) is 2.23. The van der Waals surface area contributed by atoms with E-state index in [4.69, 9.17) is 20.8 Å². The van der Waals surface area contributed by atoms with Gasteiger partial charge in [0.25, 0.3) is 5.91 Å². The van der Waals surface area contributed by atoms with Crippen LogP contribution in [0, 0.1) is 5.92 Å². The quantitative estimate of drug-likeness (QED) is 0.808. The third-order valence-electron chi connectivity index (χ3n) is 2.81. The molecule has 0 saturated carbocycles. The Labute approximate surface area is 135 Å². The van der Waals surface area contributed by atoms with Crippen molar-refractivity contribution in [3.63, 3.8) is 0 Å². The molecule has 1 N–H and O–H groups in total. The molecule has 2 heterocycles. The van der Waals surface area contributed by atoms with Gasteiger partial charge >= 0.3 is 5.97 Å². The standard InChI is InChI=1S/C13H14ClN3O4S/c1-7(2)10(15-12(18)9-4-3-5-20-9)13(19)21-6-8-11(14)22-17-16-8/h3-5,7,10H,6H2,1-2H3,(H,15,18)/t10-/m0/s1. The first-order chi connectivity index (χ1) is 10.5. The number of nitrogens with one attached hydrogen (secondary N) is 1. The molecule has 0 spiro atoms. The van der Waals surface area contributed by atoms with Gasteiger partial charge in [-0.3, -0.25) is 4.79 Å². The fourth-order valence-electron chi connectivity index (χ4n) is 1.63. The maximum atomic E-state index is 12.1. The van der Waals surface area contributed by atoms with E-state index in [9.17, 15) is 9.59 Å². The molecule has 22 heavy (non-hydrogen) atoms. The summed E-state index contributed by atoms with van der Waals surface area (Å²) in [7, 11) is 0. The predicted molar refractivity (Wildman–Crippen MR) is 79.5 cm³/mol. The van der Waals surface area contributed by atoms with Gasteiger partial charge in [-0.1, -0.05) is 29.9 Å². The maximum absolute atomic E-state index is 12.1. The molecule has 0 fully saturated rings. The van der Waals surface area contributed by atoms with Gasteiger partial charge in [0.2, 0.25) is 0 Å². The second-order valence-electron chi connectivity index (χ2n) is 4.77. The van der Waals surface area contributed by atoms with Gasteiger partial charge in [0, 0.05) is 11.5 Å². The van der Waals surface area contributed by atoms with Gasteiger partial charge in [-0.2, -0.15) is 0 Å². The van der Waals surface area contributed by atoms with E-state index in [1.54, 1.807) is 19.9 Å². The molecule has 0 bridgehead atoms. The number of ether oxygens (including phenoxy) is 1. The van der Waals surface area contributed by atoms with Crippen LogP contribution in [-0.2, 0) is 16.1 Å². The third-order valence-corrected chi connectivity index (χ3v) is 3.80. The highest BCUT2D eigenvalue weighted by Gasteiger charge is 2.27. The van der Waals surface area contributed by atoms with Crippen molar-refractivity contribution in [3.05, 3.63) is 34.2 Å². The Morgan fingerprint density at radius 3 is 2.82 bits per heavy atom. The number of furan rings is 1. The number of esters is 1. The summed E-state index contributed by atoms with van der Waals surface area (Å²) in [6, 6.07) is 2.30. The number of rotatable bonds is 6. The Morgan fingerprint density at radius 1 is 1.50 bits per heavy atom. The number of carbonyl (C=O) groups is 2. The van der Waals surface area contributed by atoms with E-state index in [1.807, 2.05) is 0 Å². The zero-order valence-corrected chi connectivity index (χ0v) is 13.5. The van der Waals surface area contributed by atoms with Gasteiger partial charge in [0.05, 0.1) is 6.26 Å². The Hall–Kier alpha value is -1.93. The molecule has 9 heteroatoms. The molecule has 2 aromatic heterocycles. The molecule has 0 unspecified atom stereocenters. The molecule has 1 atom stereocenters. The maximum Gasteiger partial charge on any atom is 0.329 e. The summed E-state index contributed by atoms with van der Waals surface area (Å²) in [6.07, 6.45) is 1.38. The molecule has 0 aromatic carbocycles. The van der Waals surface area contributed by atoms with Crippen molar-refractivity contribution in [1.82, 2.24) is 14.9 Å². The third kappa shape index (κ3) is 4.05. The lowest BCUT2D eigenvalue weighted by molar-refractivity contribution is -0.148. The van der Waals surface area contributed by atoms with E-state index in [2.05, 4.69) is 14.9 Å². The van der Waals surface area contributed by atoms with Crippen LogP contribution < -0.4 is 5.32 Å². The zero-order chi connectivity index (χ0) is 16.1. The summed E-state index contributed by atoms with van der Waals surface area (Å²) in [5.74, 6) is -1.08. The first kappa shape index (κ1) is 16.4. The molecular weight excluding hydrogens is 330 g/mol. The van der Waals surface area contributed by atoms with Crippen LogP contribution in [0.2, 0.25) is 4.34 Å². The van der Waals surface area contributed by atoms with Gasteiger partial charge in [-0.25, -0.2) is 4.79 Å². The molecule has 2 aromatic rings. The molecule has 0 saturated heterocycles. The summed E-state index contributed by atoms with van der Waals surface area (Å²) < 4.78 is 14.2. The van der Waals surface area contributed by atoms with Crippen LogP contribution in [0.1, 0.15) is 30.1 Å². The summed E-state index contributed by atoms with van der Waals surface area (Å²) in [5.41, 5.74) is 0.389. The monoisotopic (exact) mass is 343 g/mol. The van der Waals surface area contributed by atoms with E-state index in [1.165, 1.54) is 12.3 Å². The van der Waals surface area contributed by atoms with Crippen LogP contribution in [0.3, 0.4) is 0 Å². The molecule has 0 aliphatic heterocycles. The van der Waals surface area contributed by atoms with E-state index < -0.39 is 17.9 Å². The van der Waals surface area contributed by atoms with Crippen LogP contribution in [0.15, 0.2) is 22.8 Å². The average molecular weight is 344 g/mol. The minimum absolute atomic E-state index is 0.0893. The second kappa shape index (κ2) is 7.37. The van der Waals surface area contributed by atoms with Crippen LogP contribution in [0.25, 0.3) is 0 Å². The first-order valence-electron chi connectivity index (χ1n) is 6.46. The van der Waals surface area contributed by atoms with Crippen molar-refractivity contribution in [2.24, 2.45) is 5.92 Å². The molecule has 118 valence electrons. The number of hydrogen-bond acceptors (Lipinski definition) is 7. The molecule has 0 radical (unpaired) electrons. The van der Waals surface area contributed by atoms with Crippen LogP contribution in [-0.4, -0.2) is 27.5 Å². The normalized spacial score (nSPS) is 12.2. The lowest BCUT2D eigenvalue weighted by atomic mass is 10.0. The van der Waals surface area contributed by atoms with Crippen molar-refractivity contribution in [2.45, 2.75) is 26.5 Å². The molecular formula is C13H14ClN3O4S. The highest BCUT2D eigenvalue weighted by Crippen LogP contribution is 2.18. The number of aromatic nitrogens is 2. The van der Waals surface area contributed by atoms with E-state index in [0.29, 0.717) is 10.0 Å². The molecule has 7 nitrogen and oxygen atoms in total. The minimum atomic E-state index is -0.803. The summed E-state index contributed by atoms with van der Waals surface area (Å²) in [6.45, 7) is 3.51. The lowest BCUT2D eigenvalue weighted by Crippen LogP contribution is -2.45. The van der Waals surface area contributed by atoms with Gasteiger partial charge in [0.15, 0.2) is 5.76 Å². The Morgan fingerprint density at radius 2 is 2.27 bits per heavy atom. The number of amides is 1. The van der Waals surface area contributed by atoms with E-state index in [-0.39, 0.29) is 18.3 Å². The number of carbonyl (C=O) groups excluding carboxylic acids is 2. The van der Waals surface area contributed by atoms with E-state index >= 15 is 0 Å². The lowest BCUT2D eigenvalue weighted by Gasteiger charge is -2.20. The smallest absolute Gasteiger partial charge is 0.329 e. The van der Waals surface area contributed by atoms with Crippen LogP contribution >= 0.6 is 23.1 Å². The highest BCUT2D eigenvalue weighted by molar-refractivity contribution is 7.10. The summed E-state index contributed by atoms with van der Waals surface area (Å²) in [5, 5.41) is 6.34. The number of halogens is 1. The van der Waals surface area contributed by atoms with Gasteiger partial charge in [0.1, 0.15) is 22.7 Å². The summed E-state index contributed by atoms with van der Waals surface area (Å²) in [4.78, 5) is 24.1. The number of nitrogens with zero attached hydrogens (tertiary/aromatic N) is 2. The topological polar surface area (TPSA) is 94.3 Å². The van der Waals surface area contributed by atoms with Crippen molar-refractivity contribution >= 4 is 35.0 Å². The number of hydrogen-bond donors (Lipinski definition) is 1. The van der Waals surface area contributed by atoms with E-state index in [0.717, 1.165) is 11.5 Å². The fraction of sp³-hybridized carbons (Fsp3) is 0.385.